The number of benzene rings is 4. The maximum absolute atomic E-state index is 13.6. The molecule has 0 N–H and O–H groups in total. The third-order valence-corrected chi connectivity index (χ3v) is 10.7. The summed E-state index contributed by atoms with van der Waals surface area (Å²) in [5.74, 6) is 0.0957. The minimum atomic E-state index is -2.22. The molecule has 4 aromatic carbocycles. The first-order chi connectivity index (χ1) is 15.1. The van der Waals surface area contributed by atoms with Crippen LogP contribution in [0.15, 0.2) is 120 Å². The van der Waals surface area contributed by atoms with Gasteiger partial charge in [0.15, 0.2) is 0 Å². The highest BCUT2D eigenvalue weighted by atomic mass is 32.2. The largest absolute Gasteiger partial charge is 0.290 e. The summed E-state index contributed by atoms with van der Waals surface area (Å²) < 4.78 is 11.7. The first-order valence-corrected chi connectivity index (χ1v) is 13.7. The monoisotopic (exact) mass is 443 g/mol. The zero-order chi connectivity index (χ0) is 21.7. The predicted octanol–water partition coefficient (Wildman–Crippen LogP) is 4.60. The fourth-order valence-electron chi connectivity index (χ4n) is 3.91. The minimum Gasteiger partial charge on any atom is -0.290 e. The molecule has 0 bridgehead atoms. The topological polar surface area (TPSA) is 34.1 Å². The van der Waals surface area contributed by atoms with Crippen molar-refractivity contribution in [1.29, 1.82) is 0 Å². The van der Waals surface area contributed by atoms with Crippen molar-refractivity contribution >= 4 is 39.8 Å². The van der Waals surface area contributed by atoms with Gasteiger partial charge in [0.25, 0.3) is 0 Å². The molecule has 1 unspecified atom stereocenters. The molecule has 4 heteroatoms. The number of ketones is 1. The van der Waals surface area contributed by atoms with E-state index in [4.69, 9.17) is 0 Å². The highest BCUT2D eigenvalue weighted by molar-refractivity contribution is 7.96. The number of Topliss-reactive ketones (excluding diaryl/α,β-unsaturated/α-hetero) is 1. The van der Waals surface area contributed by atoms with E-state index in [0.717, 1.165) is 4.90 Å². The van der Waals surface area contributed by atoms with Crippen LogP contribution in [0.1, 0.15) is 10.4 Å². The average Bonchev–Trinajstić information content (AvgIpc) is 2.84. The Balaban J connectivity index is 1.88. The number of rotatable bonds is 7. The summed E-state index contributed by atoms with van der Waals surface area (Å²) in [6.45, 7) is 0. The van der Waals surface area contributed by atoms with Crippen molar-refractivity contribution < 1.29 is 9.00 Å². The molecule has 1 atom stereocenters. The minimum absolute atomic E-state index is 0.0957. The lowest BCUT2D eigenvalue weighted by Gasteiger charge is -2.27. The summed E-state index contributed by atoms with van der Waals surface area (Å²) in [7, 11) is -3.28. The molecule has 0 heterocycles. The van der Waals surface area contributed by atoms with Crippen LogP contribution in [0.5, 0.6) is 0 Å². The molecule has 0 saturated heterocycles. The van der Waals surface area contributed by atoms with Gasteiger partial charge in [-0.1, -0.05) is 66.7 Å². The van der Waals surface area contributed by atoms with Crippen LogP contribution in [0.4, 0.5) is 0 Å². The van der Waals surface area contributed by atoms with Crippen molar-refractivity contribution in [3.8, 4) is 0 Å². The second kappa shape index (κ2) is 9.51. The van der Waals surface area contributed by atoms with Gasteiger partial charge in [-0.15, -0.1) is 0 Å². The standard InChI is InChI=1S/C27H24O2PS/c1-31(29)26-19-17-22(18-20-26)27(28)21-30(23-11-5-2-6-12-23,24-13-7-3-8-14-24)25-15-9-4-10-16-25/h2-20H,21H2,1H3/q+1. The normalized spacial score (nSPS) is 12.3. The molecule has 0 spiro atoms. The summed E-state index contributed by atoms with van der Waals surface area (Å²) in [5.41, 5.74) is 0.654. The van der Waals surface area contributed by atoms with Gasteiger partial charge < -0.3 is 0 Å². The van der Waals surface area contributed by atoms with Crippen LogP contribution in [0.2, 0.25) is 0 Å². The van der Waals surface area contributed by atoms with E-state index in [1.807, 2.05) is 54.6 Å². The van der Waals surface area contributed by atoms with E-state index in [9.17, 15) is 9.00 Å². The summed E-state index contributed by atoms with van der Waals surface area (Å²) in [5, 5.41) is 3.56. The van der Waals surface area contributed by atoms with Gasteiger partial charge in [-0.25, -0.2) is 0 Å². The Morgan fingerprint density at radius 1 is 0.645 bits per heavy atom. The Hall–Kier alpha value is -2.87. The molecule has 4 aromatic rings. The number of carbonyl (C=O) groups excluding carboxylic acids is 1. The fourth-order valence-corrected chi connectivity index (χ4v) is 8.53. The lowest BCUT2D eigenvalue weighted by atomic mass is 10.1. The van der Waals surface area contributed by atoms with E-state index >= 15 is 0 Å². The molecule has 154 valence electrons. The van der Waals surface area contributed by atoms with Crippen molar-refractivity contribution in [2.24, 2.45) is 0 Å². The second-order valence-corrected chi connectivity index (χ2v) is 12.2. The maximum Gasteiger partial charge on any atom is 0.201 e. The van der Waals surface area contributed by atoms with E-state index in [0.29, 0.717) is 11.7 Å². The molecule has 0 aliphatic heterocycles. The predicted molar refractivity (Wildman–Crippen MR) is 133 cm³/mol. The van der Waals surface area contributed by atoms with Crippen LogP contribution in [-0.4, -0.2) is 22.4 Å². The lowest BCUT2D eigenvalue weighted by molar-refractivity contribution is 0.102. The van der Waals surface area contributed by atoms with Crippen molar-refractivity contribution in [3.63, 3.8) is 0 Å². The molecular formula is C27H24O2PS+. The fraction of sp³-hybridized carbons (Fsp3) is 0.0741. The van der Waals surface area contributed by atoms with E-state index in [1.165, 1.54) is 15.9 Å². The van der Waals surface area contributed by atoms with Crippen LogP contribution in [0.3, 0.4) is 0 Å². The van der Waals surface area contributed by atoms with Crippen LogP contribution >= 0.6 is 7.26 Å². The molecule has 0 amide bonds. The van der Waals surface area contributed by atoms with Gasteiger partial charge in [-0.05, 0) is 48.5 Å². The Labute approximate surface area is 186 Å². The van der Waals surface area contributed by atoms with Gasteiger partial charge >= 0.3 is 0 Å². The third-order valence-electron chi connectivity index (χ3n) is 5.48. The molecule has 0 saturated carbocycles. The quantitative estimate of drug-likeness (QED) is 0.309. The lowest BCUT2D eigenvalue weighted by Crippen LogP contribution is -2.35. The van der Waals surface area contributed by atoms with E-state index in [1.54, 1.807) is 30.5 Å². The number of hydrogen-bond donors (Lipinski definition) is 0. The van der Waals surface area contributed by atoms with Crippen molar-refractivity contribution in [1.82, 2.24) is 0 Å². The third kappa shape index (κ3) is 4.44. The zero-order valence-electron chi connectivity index (χ0n) is 17.3. The van der Waals surface area contributed by atoms with Crippen LogP contribution < -0.4 is 15.9 Å². The highest BCUT2D eigenvalue weighted by Crippen LogP contribution is 2.55. The number of carbonyl (C=O) groups is 1. The highest BCUT2D eigenvalue weighted by Gasteiger charge is 2.47. The molecule has 0 fully saturated rings. The Morgan fingerprint density at radius 2 is 1.03 bits per heavy atom. The van der Waals surface area contributed by atoms with Crippen LogP contribution in [0, 0.1) is 0 Å². The first-order valence-electron chi connectivity index (χ1n) is 10.1. The van der Waals surface area contributed by atoms with Gasteiger partial charge in [0.05, 0.1) is 0 Å². The van der Waals surface area contributed by atoms with Gasteiger partial charge in [0, 0.05) is 27.5 Å². The molecule has 4 rings (SSSR count). The van der Waals surface area contributed by atoms with E-state index in [2.05, 4.69) is 36.4 Å². The number of hydrogen-bond acceptors (Lipinski definition) is 2. The summed E-state index contributed by atoms with van der Waals surface area (Å²) >= 11 is 0. The molecule has 0 aromatic heterocycles. The van der Waals surface area contributed by atoms with Gasteiger partial charge in [-0.2, -0.15) is 0 Å². The maximum atomic E-state index is 13.6. The smallest absolute Gasteiger partial charge is 0.201 e. The molecule has 0 aliphatic carbocycles. The van der Waals surface area contributed by atoms with Gasteiger partial charge in [0.2, 0.25) is 5.78 Å². The average molecular weight is 444 g/mol. The van der Waals surface area contributed by atoms with Crippen LogP contribution in [0.25, 0.3) is 0 Å². The van der Waals surface area contributed by atoms with Crippen molar-refractivity contribution in [3.05, 3.63) is 121 Å². The zero-order valence-corrected chi connectivity index (χ0v) is 19.1. The molecular weight excluding hydrogens is 419 g/mol. The molecule has 0 aliphatic rings. The van der Waals surface area contributed by atoms with Crippen molar-refractivity contribution in [2.45, 2.75) is 4.90 Å². The molecule has 0 radical (unpaired) electrons. The summed E-state index contributed by atoms with van der Waals surface area (Å²) in [4.78, 5) is 14.3. The Bertz CT molecular complexity index is 1080. The van der Waals surface area contributed by atoms with E-state index < -0.39 is 18.1 Å². The first kappa shape index (κ1) is 21.4. The van der Waals surface area contributed by atoms with Gasteiger partial charge in [0.1, 0.15) is 29.3 Å². The molecule has 2 nitrogen and oxygen atoms in total. The summed E-state index contributed by atoms with van der Waals surface area (Å²) in [6.07, 6.45) is 2.05. The van der Waals surface area contributed by atoms with E-state index in [-0.39, 0.29) is 5.78 Å². The second-order valence-electron chi connectivity index (χ2n) is 7.38. The van der Waals surface area contributed by atoms with Gasteiger partial charge in [-0.3, -0.25) is 9.00 Å². The Kier molecular flexibility index (Phi) is 6.56. The SMILES string of the molecule is CS(=O)c1ccc(C(=O)C[P+](c2ccccc2)(c2ccccc2)c2ccccc2)cc1. The summed E-state index contributed by atoms with van der Waals surface area (Å²) in [6, 6.07) is 38.4. The van der Waals surface area contributed by atoms with Crippen molar-refractivity contribution in [2.75, 3.05) is 12.4 Å². The Morgan fingerprint density at radius 3 is 1.39 bits per heavy atom. The molecule has 31 heavy (non-hydrogen) atoms. The van der Waals surface area contributed by atoms with Crippen LogP contribution in [-0.2, 0) is 10.8 Å².